The topological polar surface area (TPSA) is 140 Å². The first kappa shape index (κ1) is 15.2. The van der Waals surface area contributed by atoms with Crippen LogP contribution in [0.5, 0.6) is 0 Å². The summed E-state index contributed by atoms with van der Waals surface area (Å²) in [5, 5.41) is 11.6. The summed E-state index contributed by atoms with van der Waals surface area (Å²) in [7, 11) is 0. The molecule has 0 rings (SSSR count). The average molecular weight is 246 g/mol. The predicted octanol–water partition coefficient (Wildman–Crippen LogP) is -1.74. The highest BCUT2D eigenvalue weighted by atomic mass is 16.5. The molecule has 0 aliphatic heterocycles. The van der Waals surface area contributed by atoms with Crippen LogP contribution in [-0.2, 0) is 14.3 Å². The third-order valence-electron chi connectivity index (χ3n) is 1.92. The van der Waals surface area contributed by atoms with Crippen LogP contribution in [0.15, 0.2) is 4.99 Å². The Balaban J connectivity index is 3.78. The highest BCUT2D eigenvalue weighted by molar-refractivity contribution is 5.75. The van der Waals surface area contributed by atoms with E-state index < -0.39 is 12.0 Å². The van der Waals surface area contributed by atoms with Crippen molar-refractivity contribution in [1.82, 2.24) is 5.32 Å². The smallest absolute Gasteiger partial charge is 0.320 e. The van der Waals surface area contributed by atoms with Gasteiger partial charge in [0.2, 0.25) is 0 Å². The minimum atomic E-state index is -0.958. The molecule has 0 radical (unpaired) electrons. The Morgan fingerprint density at radius 2 is 2.24 bits per heavy atom. The lowest BCUT2D eigenvalue weighted by molar-refractivity contribution is -0.139. The summed E-state index contributed by atoms with van der Waals surface area (Å²) in [6.45, 7) is 1.13. The second kappa shape index (κ2) is 9.40. The minimum Gasteiger partial charge on any atom is -0.480 e. The summed E-state index contributed by atoms with van der Waals surface area (Å²) in [6.07, 6.45) is 0.948. The molecule has 0 fully saturated rings. The molecule has 0 aromatic rings. The first-order valence-corrected chi connectivity index (χ1v) is 5.14. The van der Waals surface area contributed by atoms with Crippen molar-refractivity contribution < 1.29 is 19.4 Å². The fourth-order valence-corrected chi connectivity index (χ4v) is 1.16. The number of carbonyl (C=O) groups is 2. The number of nitrogens with two attached hydrogens (primary N) is 2. The molecule has 0 aliphatic rings. The normalized spacial score (nSPS) is 11.5. The molecule has 0 bridgehead atoms. The van der Waals surface area contributed by atoms with Crippen LogP contribution in [0.3, 0.4) is 0 Å². The van der Waals surface area contributed by atoms with Gasteiger partial charge in [0.05, 0.1) is 0 Å². The molecule has 0 amide bonds. The summed E-state index contributed by atoms with van der Waals surface area (Å²) >= 11 is 0. The summed E-state index contributed by atoms with van der Waals surface area (Å²) in [5.74, 6) is -0.968. The lowest BCUT2D eigenvalue weighted by atomic mass is 10.1. The molecule has 0 heterocycles. The van der Waals surface area contributed by atoms with Crippen LogP contribution in [0.25, 0.3) is 0 Å². The second-order valence-electron chi connectivity index (χ2n) is 3.26. The van der Waals surface area contributed by atoms with Gasteiger partial charge < -0.3 is 26.6 Å². The molecule has 0 aromatic carbocycles. The van der Waals surface area contributed by atoms with Crippen molar-refractivity contribution >= 4 is 18.4 Å². The number of aliphatic imine (C=N–C) groups is 1. The number of carboxylic acid groups (broad SMARTS) is 1. The van der Waals surface area contributed by atoms with Gasteiger partial charge in [-0.15, -0.1) is 0 Å². The molecular weight excluding hydrogens is 228 g/mol. The number of ether oxygens (including phenoxy) is 1. The summed E-state index contributed by atoms with van der Waals surface area (Å²) in [4.78, 5) is 24.4. The van der Waals surface area contributed by atoms with Crippen LogP contribution in [0.1, 0.15) is 12.8 Å². The number of carboxylic acids is 1. The third-order valence-corrected chi connectivity index (χ3v) is 1.92. The van der Waals surface area contributed by atoms with Crippen molar-refractivity contribution in [2.75, 3.05) is 19.7 Å². The molecule has 0 saturated heterocycles. The maximum Gasteiger partial charge on any atom is 0.320 e. The van der Waals surface area contributed by atoms with Crippen LogP contribution in [0.2, 0.25) is 0 Å². The number of guanidine groups is 1. The number of hydrogen-bond donors (Lipinski definition) is 4. The van der Waals surface area contributed by atoms with Gasteiger partial charge in [0.15, 0.2) is 5.96 Å². The number of nitrogens with one attached hydrogen (secondary N) is 1. The number of aliphatic carboxylic acids is 1. The van der Waals surface area contributed by atoms with E-state index in [4.69, 9.17) is 16.6 Å². The number of carbonyl (C=O) groups excluding carboxylic acids is 1. The van der Waals surface area contributed by atoms with Crippen LogP contribution in [0.4, 0.5) is 0 Å². The molecule has 0 saturated carbocycles. The molecule has 0 aromatic heterocycles. The van der Waals surface area contributed by atoms with Crippen molar-refractivity contribution in [3.63, 3.8) is 0 Å². The lowest BCUT2D eigenvalue weighted by Gasteiger charge is -2.13. The van der Waals surface area contributed by atoms with E-state index in [1.165, 1.54) is 0 Å². The van der Waals surface area contributed by atoms with E-state index in [2.05, 4.69) is 15.0 Å². The minimum absolute atomic E-state index is 0.00998. The Morgan fingerprint density at radius 3 is 2.76 bits per heavy atom. The Labute approximate surface area is 99.0 Å². The van der Waals surface area contributed by atoms with E-state index in [0.29, 0.717) is 25.9 Å². The van der Waals surface area contributed by atoms with Crippen LogP contribution < -0.4 is 16.8 Å². The second-order valence-corrected chi connectivity index (χ2v) is 3.26. The van der Waals surface area contributed by atoms with Crippen molar-refractivity contribution in [2.45, 2.75) is 18.9 Å². The Kier molecular flexibility index (Phi) is 8.39. The van der Waals surface area contributed by atoms with Crippen LogP contribution >= 0.6 is 0 Å². The molecule has 1 unspecified atom stereocenters. The van der Waals surface area contributed by atoms with E-state index in [9.17, 15) is 9.59 Å². The fraction of sp³-hybridized carbons (Fsp3) is 0.667. The highest BCUT2D eigenvalue weighted by Gasteiger charge is 2.15. The van der Waals surface area contributed by atoms with E-state index in [1.54, 1.807) is 0 Å². The molecular formula is C9H18N4O4. The molecule has 0 spiro atoms. The van der Waals surface area contributed by atoms with E-state index in [-0.39, 0.29) is 19.1 Å². The van der Waals surface area contributed by atoms with Gasteiger partial charge in [-0.2, -0.15) is 0 Å². The van der Waals surface area contributed by atoms with E-state index in [1.807, 2.05) is 0 Å². The van der Waals surface area contributed by atoms with Gasteiger partial charge in [-0.1, -0.05) is 0 Å². The van der Waals surface area contributed by atoms with Crippen molar-refractivity contribution in [2.24, 2.45) is 16.5 Å². The predicted molar refractivity (Wildman–Crippen MR) is 61.4 cm³/mol. The van der Waals surface area contributed by atoms with Crippen molar-refractivity contribution in [3.8, 4) is 0 Å². The first-order valence-electron chi connectivity index (χ1n) is 5.14. The van der Waals surface area contributed by atoms with Gasteiger partial charge >= 0.3 is 5.97 Å². The Morgan fingerprint density at radius 1 is 1.53 bits per heavy atom. The molecule has 98 valence electrons. The fourth-order valence-electron chi connectivity index (χ4n) is 1.16. The summed E-state index contributed by atoms with van der Waals surface area (Å²) in [5.41, 5.74) is 10.3. The van der Waals surface area contributed by atoms with Crippen molar-refractivity contribution in [3.05, 3.63) is 0 Å². The molecule has 8 nitrogen and oxygen atoms in total. The molecule has 8 heteroatoms. The standard InChI is InChI=1S/C9H18N4O4/c10-9(11)13-3-1-2-7(8(15)16)12-4-5-17-6-14/h6-7,12H,1-5H2,(H,15,16)(H4,10,11,13). The number of rotatable bonds is 10. The monoisotopic (exact) mass is 246 g/mol. The zero-order valence-electron chi connectivity index (χ0n) is 9.46. The van der Waals surface area contributed by atoms with Gasteiger partial charge in [0, 0.05) is 13.1 Å². The van der Waals surface area contributed by atoms with Crippen LogP contribution in [-0.4, -0.2) is 49.2 Å². The lowest BCUT2D eigenvalue weighted by Crippen LogP contribution is -2.38. The number of hydrogen-bond acceptors (Lipinski definition) is 5. The zero-order valence-corrected chi connectivity index (χ0v) is 9.46. The SMILES string of the molecule is NC(N)=NCCCC(NCCOC=O)C(=O)O. The molecule has 17 heavy (non-hydrogen) atoms. The Hall–Kier alpha value is -1.83. The number of nitrogens with zero attached hydrogens (tertiary/aromatic N) is 1. The molecule has 0 aliphatic carbocycles. The largest absolute Gasteiger partial charge is 0.480 e. The average Bonchev–Trinajstić information content (AvgIpc) is 2.26. The van der Waals surface area contributed by atoms with Crippen molar-refractivity contribution in [1.29, 1.82) is 0 Å². The van der Waals surface area contributed by atoms with Gasteiger partial charge in [-0.25, -0.2) is 0 Å². The van der Waals surface area contributed by atoms with E-state index >= 15 is 0 Å². The first-order chi connectivity index (χ1) is 8.07. The third kappa shape index (κ3) is 9.12. The van der Waals surface area contributed by atoms with Gasteiger partial charge in [-0.05, 0) is 12.8 Å². The quantitative estimate of drug-likeness (QED) is 0.155. The molecule has 6 N–H and O–H groups in total. The summed E-state index contributed by atoms with van der Waals surface area (Å²) in [6, 6.07) is -0.695. The highest BCUT2D eigenvalue weighted by Crippen LogP contribution is 1.98. The maximum absolute atomic E-state index is 10.8. The Bertz CT molecular complexity index is 266. The maximum atomic E-state index is 10.8. The van der Waals surface area contributed by atoms with Gasteiger partial charge in [0.25, 0.3) is 6.47 Å². The van der Waals surface area contributed by atoms with Gasteiger partial charge in [-0.3, -0.25) is 14.6 Å². The zero-order chi connectivity index (χ0) is 13.1. The van der Waals surface area contributed by atoms with Crippen LogP contribution in [0, 0.1) is 0 Å². The summed E-state index contributed by atoms with van der Waals surface area (Å²) < 4.78 is 4.43. The van der Waals surface area contributed by atoms with Gasteiger partial charge in [0.1, 0.15) is 12.6 Å². The molecule has 1 atom stereocenters. The van der Waals surface area contributed by atoms with E-state index in [0.717, 1.165) is 0 Å².